The summed E-state index contributed by atoms with van der Waals surface area (Å²) in [5.74, 6) is -2.41. The molecular weight excluding hydrogens is 373 g/mol. The number of halogens is 2. The molecule has 140 valence electrons. The number of amides is 3. The molecule has 6 nitrogen and oxygen atoms in total. The zero-order chi connectivity index (χ0) is 19.6. The number of carbonyl (C=O) groups is 3. The van der Waals surface area contributed by atoms with Crippen LogP contribution in [0, 0.1) is 12.7 Å². The Morgan fingerprint density at radius 2 is 1.81 bits per heavy atom. The van der Waals surface area contributed by atoms with Crippen molar-refractivity contribution in [1.82, 2.24) is 4.90 Å². The number of nitrogens with one attached hydrogen (secondary N) is 1. The van der Waals surface area contributed by atoms with Crippen LogP contribution in [0.1, 0.15) is 5.56 Å². The summed E-state index contributed by atoms with van der Waals surface area (Å²) in [5.41, 5.74) is 1.83. The third-order valence-electron chi connectivity index (χ3n) is 4.18. The molecule has 0 atom stereocenters. The summed E-state index contributed by atoms with van der Waals surface area (Å²) in [6, 6.07) is 10.5. The molecular formula is C19H17ClFN3O3. The summed E-state index contributed by atoms with van der Waals surface area (Å²) in [7, 11) is 0. The second kappa shape index (κ2) is 7.75. The van der Waals surface area contributed by atoms with E-state index < -0.39 is 23.5 Å². The zero-order valence-electron chi connectivity index (χ0n) is 14.5. The lowest BCUT2D eigenvalue weighted by Gasteiger charge is -2.33. The standard InChI is InChI=1S/C19H17ClFN3O3/c1-12-2-7-16(15(20)10-12)22-17(25)11-23-8-9-24(19(27)18(23)26)14-5-3-13(21)4-6-14/h2-7,10H,8-9,11H2,1H3,(H,22,25). The van der Waals surface area contributed by atoms with Crippen LogP contribution in [0.4, 0.5) is 15.8 Å². The molecule has 1 aliphatic rings. The van der Waals surface area contributed by atoms with E-state index in [9.17, 15) is 18.8 Å². The maximum absolute atomic E-state index is 13.0. The van der Waals surface area contributed by atoms with E-state index in [4.69, 9.17) is 11.6 Å². The first kappa shape index (κ1) is 18.8. The fourth-order valence-electron chi connectivity index (χ4n) is 2.78. The van der Waals surface area contributed by atoms with Crippen LogP contribution in [0.5, 0.6) is 0 Å². The van der Waals surface area contributed by atoms with Gasteiger partial charge in [-0.2, -0.15) is 0 Å². The number of carbonyl (C=O) groups excluding carboxylic acids is 3. The average molecular weight is 390 g/mol. The first-order valence-corrected chi connectivity index (χ1v) is 8.65. The Morgan fingerprint density at radius 1 is 1.11 bits per heavy atom. The lowest BCUT2D eigenvalue weighted by atomic mass is 10.2. The van der Waals surface area contributed by atoms with Gasteiger partial charge in [0.25, 0.3) is 0 Å². The highest BCUT2D eigenvalue weighted by Gasteiger charge is 2.34. The third kappa shape index (κ3) is 4.25. The maximum atomic E-state index is 13.0. The predicted octanol–water partition coefficient (Wildman–Crippen LogP) is 2.60. The van der Waals surface area contributed by atoms with Gasteiger partial charge >= 0.3 is 11.8 Å². The second-order valence-corrected chi connectivity index (χ2v) is 6.60. The summed E-state index contributed by atoms with van der Waals surface area (Å²) in [6.45, 7) is 2.03. The van der Waals surface area contributed by atoms with E-state index in [-0.39, 0.29) is 19.6 Å². The first-order chi connectivity index (χ1) is 12.8. The van der Waals surface area contributed by atoms with E-state index in [2.05, 4.69) is 5.32 Å². The molecule has 0 aromatic heterocycles. The molecule has 3 rings (SSSR count). The van der Waals surface area contributed by atoms with Crippen LogP contribution in [0.25, 0.3) is 0 Å². The Labute approximate surface area is 160 Å². The van der Waals surface area contributed by atoms with Crippen LogP contribution in [0.15, 0.2) is 42.5 Å². The van der Waals surface area contributed by atoms with Gasteiger partial charge in [-0.25, -0.2) is 4.39 Å². The van der Waals surface area contributed by atoms with Crippen LogP contribution >= 0.6 is 11.6 Å². The van der Waals surface area contributed by atoms with Gasteiger partial charge in [0.2, 0.25) is 5.91 Å². The molecule has 1 saturated heterocycles. The van der Waals surface area contributed by atoms with E-state index in [1.165, 1.54) is 34.1 Å². The molecule has 0 radical (unpaired) electrons. The van der Waals surface area contributed by atoms with E-state index >= 15 is 0 Å². The van der Waals surface area contributed by atoms with Crippen LogP contribution in [0.3, 0.4) is 0 Å². The lowest BCUT2D eigenvalue weighted by Crippen LogP contribution is -2.56. The quantitative estimate of drug-likeness (QED) is 0.817. The number of nitrogens with zero attached hydrogens (tertiary/aromatic N) is 2. The maximum Gasteiger partial charge on any atom is 0.316 e. The van der Waals surface area contributed by atoms with Crippen molar-refractivity contribution in [3.05, 3.63) is 58.9 Å². The predicted molar refractivity (Wildman–Crippen MR) is 100 cm³/mol. The highest BCUT2D eigenvalue weighted by molar-refractivity contribution is 6.41. The SMILES string of the molecule is Cc1ccc(NC(=O)CN2CCN(c3ccc(F)cc3)C(=O)C2=O)c(Cl)c1. The monoisotopic (exact) mass is 389 g/mol. The van der Waals surface area contributed by atoms with E-state index in [0.29, 0.717) is 16.4 Å². The van der Waals surface area contributed by atoms with Crippen molar-refractivity contribution in [2.45, 2.75) is 6.92 Å². The smallest absolute Gasteiger partial charge is 0.316 e. The Kier molecular flexibility index (Phi) is 5.41. The number of hydrogen-bond acceptors (Lipinski definition) is 3. The number of aryl methyl sites for hydroxylation is 1. The molecule has 27 heavy (non-hydrogen) atoms. The molecule has 0 bridgehead atoms. The Morgan fingerprint density at radius 3 is 2.48 bits per heavy atom. The van der Waals surface area contributed by atoms with Crippen LogP contribution in [0.2, 0.25) is 5.02 Å². The lowest BCUT2D eigenvalue weighted by molar-refractivity contribution is -0.147. The molecule has 0 aliphatic carbocycles. The van der Waals surface area contributed by atoms with Gasteiger partial charge in [-0.3, -0.25) is 14.4 Å². The number of anilines is 2. The van der Waals surface area contributed by atoms with E-state index in [1.807, 2.05) is 6.92 Å². The topological polar surface area (TPSA) is 69.7 Å². The van der Waals surface area contributed by atoms with Gasteiger partial charge < -0.3 is 15.1 Å². The van der Waals surface area contributed by atoms with Crippen molar-refractivity contribution in [3.8, 4) is 0 Å². The Bertz CT molecular complexity index is 902. The fraction of sp³-hybridized carbons (Fsp3) is 0.211. The van der Waals surface area contributed by atoms with Gasteiger partial charge in [0.05, 0.1) is 10.7 Å². The molecule has 3 amide bonds. The van der Waals surface area contributed by atoms with Crippen molar-refractivity contribution in [1.29, 1.82) is 0 Å². The molecule has 2 aromatic carbocycles. The van der Waals surface area contributed by atoms with Gasteiger partial charge in [-0.1, -0.05) is 17.7 Å². The zero-order valence-corrected chi connectivity index (χ0v) is 15.3. The van der Waals surface area contributed by atoms with Crippen LogP contribution in [-0.4, -0.2) is 42.3 Å². The molecule has 8 heteroatoms. The Hall–Kier alpha value is -2.93. The molecule has 0 saturated carbocycles. The van der Waals surface area contributed by atoms with Gasteiger partial charge in [0.1, 0.15) is 12.4 Å². The normalized spacial score (nSPS) is 14.5. The minimum absolute atomic E-state index is 0.191. The van der Waals surface area contributed by atoms with Crippen molar-refractivity contribution in [3.63, 3.8) is 0 Å². The van der Waals surface area contributed by atoms with Crippen molar-refractivity contribution >= 4 is 40.7 Å². The fourth-order valence-corrected chi connectivity index (χ4v) is 3.06. The van der Waals surface area contributed by atoms with Gasteiger partial charge in [-0.15, -0.1) is 0 Å². The summed E-state index contributed by atoms with van der Waals surface area (Å²) < 4.78 is 13.0. The molecule has 1 fully saturated rings. The van der Waals surface area contributed by atoms with Crippen LogP contribution in [-0.2, 0) is 14.4 Å². The van der Waals surface area contributed by atoms with Crippen LogP contribution < -0.4 is 10.2 Å². The molecule has 0 spiro atoms. The summed E-state index contributed by atoms with van der Waals surface area (Å²) >= 11 is 6.08. The van der Waals surface area contributed by atoms with Crippen molar-refractivity contribution in [2.75, 3.05) is 29.9 Å². The molecule has 1 heterocycles. The van der Waals surface area contributed by atoms with Gasteiger partial charge in [0.15, 0.2) is 0 Å². The average Bonchev–Trinajstić information content (AvgIpc) is 2.63. The van der Waals surface area contributed by atoms with Gasteiger partial charge in [0, 0.05) is 18.8 Å². The van der Waals surface area contributed by atoms with Gasteiger partial charge in [-0.05, 0) is 48.9 Å². The molecule has 0 unspecified atom stereocenters. The highest BCUT2D eigenvalue weighted by Crippen LogP contribution is 2.23. The second-order valence-electron chi connectivity index (χ2n) is 6.19. The minimum Gasteiger partial charge on any atom is -0.323 e. The molecule has 2 aromatic rings. The summed E-state index contributed by atoms with van der Waals surface area (Å²) in [6.07, 6.45) is 0. The highest BCUT2D eigenvalue weighted by atomic mass is 35.5. The van der Waals surface area contributed by atoms with Crippen molar-refractivity contribution < 1.29 is 18.8 Å². The Balaban J connectivity index is 1.63. The first-order valence-electron chi connectivity index (χ1n) is 8.27. The summed E-state index contributed by atoms with van der Waals surface area (Å²) in [5, 5.41) is 3.03. The van der Waals surface area contributed by atoms with E-state index in [1.54, 1.807) is 18.2 Å². The number of benzene rings is 2. The number of hydrogen-bond donors (Lipinski definition) is 1. The van der Waals surface area contributed by atoms with Crippen molar-refractivity contribution in [2.24, 2.45) is 0 Å². The minimum atomic E-state index is -0.782. The molecule has 1 aliphatic heterocycles. The van der Waals surface area contributed by atoms with E-state index in [0.717, 1.165) is 5.56 Å². The number of piperazine rings is 1. The molecule has 1 N–H and O–H groups in total. The summed E-state index contributed by atoms with van der Waals surface area (Å²) in [4.78, 5) is 39.4. The number of rotatable bonds is 4. The largest absolute Gasteiger partial charge is 0.323 e. The third-order valence-corrected chi connectivity index (χ3v) is 4.49.